The van der Waals surface area contributed by atoms with Crippen LogP contribution in [0, 0.1) is 10.1 Å². The Balaban J connectivity index is 3.27. The first-order valence-electron chi connectivity index (χ1n) is 4.60. The predicted octanol–water partition coefficient (Wildman–Crippen LogP) is 1.94. The fourth-order valence-corrected chi connectivity index (χ4v) is 1.27. The normalized spacial score (nSPS) is 9.62. The monoisotopic (exact) mass is 220 g/mol. The average Bonchev–Trinajstić information content (AvgIpc) is 2.26. The van der Waals surface area contributed by atoms with Crippen LogP contribution >= 0.6 is 0 Å². The van der Waals surface area contributed by atoms with Crippen LogP contribution in [0.3, 0.4) is 0 Å². The highest BCUT2D eigenvalue weighted by molar-refractivity contribution is 5.97. The first-order chi connectivity index (χ1) is 7.47. The summed E-state index contributed by atoms with van der Waals surface area (Å²) in [6, 6.07) is 4.09. The number of nitro benzene ring substituents is 1. The number of carbonyl (C=O) groups excluding carboxylic acids is 1. The molecular formula is C11H12N2O3. The van der Waals surface area contributed by atoms with Crippen molar-refractivity contribution in [3.05, 3.63) is 46.0 Å². The lowest BCUT2D eigenvalue weighted by Gasteiger charge is -2.12. The molecule has 1 rings (SSSR count). The molecule has 1 aromatic carbocycles. The van der Waals surface area contributed by atoms with Crippen molar-refractivity contribution in [3.63, 3.8) is 0 Å². The second kappa shape index (κ2) is 4.57. The predicted molar refractivity (Wildman–Crippen MR) is 61.2 cm³/mol. The Bertz CT molecular complexity index is 453. The Morgan fingerprint density at radius 1 is 1.50 bits per heavy atom. The number of amides is 1. The zero-order valence-electron chi connectivity index (χ0n) is 9.14. The van der Waals surface area contributed by atoms with E-state index in [0.29, 0.717) is 11.1 Å². The third kappa shape index (κ3) is 2.25. The summed E-state index contributed by atoms with van der Waals surface area (Å²) in [7, 11) is 3.24. The highest BCUT2D eigenvalue weighted by Gasteiger charge is 2.15. The molecule has 0 atom stereocenters. The Kier molecular flexibility index (Phi) is 3.40. The number of carbonyl (C=O) groups is 1. The van der Waals surface area contributed by atoms with Crippen LogP contribution in [0.25, 0.3) is 6.08 Å². The molecule has 0 saturated carbocycles. The molecule has 0 saturated heterocycles. The number of nitro groups is 1. The van der Waals surface area contributed by atoms with Gasteiger partial charge in [-0.05, 0) is 11.6 Å². The van der Waals surface area contributed by atoms with Crippen molar-refractivity contribution in [2.45, 2.75) is 0 Å². The van der Waals surface area contributed by atoms with Crippen molar-refractivity contribution < 1.29 is 9.72 Å². The van der Waals surface area contributed by atoms with Gasteiger partial charge >= 0.3 is 0 Å². The topological polar surface area (TPSA) is 63.5 Å². The van der Waals surface area contributed by atoms with E-state index in [1.54, 1.807) is 14.1 Å². The number of hydrogen-bond acceptors (Lipinski definition) is 3. The van der Waals surface area contributed by atoms with Crippen molar-refractivity contribution in [2.75, 3.05) is 14.1 Å². The van der Waals surface area contributed by atoms with Crippen LogP contribution in [-0.2, 0) is 0 Å². The van der Waals surface area contributed by atoms with Gasteiger partial charge in [-0.15, -0.1) is 0 Å². The SMILES string of the molecule is C=Cc1cc([N+](=O)[O-])ccc1C(=O)N(C)C. The highest BCUT2D eigenvalue weighted by Crippen LogP contribution is 2.19. The Labute approximate surface area is 93.1 Å². The minimum absolute atomic E-state index is 0.0507. The van der Waals surface area contributed by atoms with Gasteiger partial charge in [0.25, 0.3) is 11.6 Å². The number of rotatable bonds is 3. The standard InChI is InChI=1S/C11H12N2O3/c1-4-8-7-9(13(15)16)5-6-10(8)11(14)12(2)3/h4-7H,1H2,2-3H3. The first-order valence-corrected chi connectivity index (χ1v) is 4.60. The first kappa shape index (κ1) is 11.9. The van der Waals surface area contributed by atoms with Gasteiger partial charge in [0.05, 0.1) is 4.92 Å². The molecule has 0 spiro atoms. The Hall–Kier alpha value is -2.17. The van der Waals surface area contributed by atoms with Gasteiger partial charge in [-0.25, -0.2) is 0 Å². The highest BCUT2D eigenvalue weighted by atomic mass is 16.6. The summed E-state index contributed by atoms with van der Waals surface area (Å²) in [5.74, 6) is -0.204. The maximum atomic E-state index is 11.7. The van der Waals surface area contributed by atoms with Gasteiger partial charge in [0, 0.05) is 31.8 Å². The molecule has 84 valence electrons. The molecule has 0 aromatic heterocycles. The molecule has 0 heterocycles. The van der Waals surface area contributed by atoms with Gasteiger partial charge < -0.3 is 4.90 Å². The molecule has 16 heavy (non-hydrogen) atoms. The minimum atomic E-state index is -0.503. The fraction of sp³-hybridized carbons (Fsp3) is 0.182. The van der Waals surface area contributed by atoms with Crippen LogP contribution < -0.4 is 0 Å². The third-order valence-corrected chi connectivity index (χ3v) is 2.10. The molecule has 0 aliphatic rings. The van der Waals surface area contributed by atoms with Gasteiger partial charge in [0.2, 0.25) is 0 Å². The summed E-state index contributed by atoms with van der Waals surface area (Å²) in [5.41, 5.74) is 0.823. The zero-order valence-corrected chi connectivity index (χ0v) is 9.14. The van der Waals surface area contributed by atoms with Crippen molar-refractivity contribution in [2.24, 2.45) is 0 Å². The molecule has 0 aliphatic heterocycles. The van der Waals surface area contributed by atoms with E-state index in [2.05, 4.69) is 6.58 Å². The number of nitrogens with zero attached hydrogens (tertiary/aromatic N) is 2. The Morgan fingerprint density at radius 3 is 2.56 bits per heavy atom. The molecule has 5 nitrogen and oxygen atoms in total. The summed E-state index contributed by atoms with van der Waals surface area (Å²) in [6.07, 6.45) is 1.43. The maximum Gasteiger partial charge on any atom is 0.270 e. The van der Waals surface area contributed by atoms with Crippen LogP contribution in [0.4, 0.5) is 5.69 Å². The summed E-state index contributed by atoms with van der Waals surface area (Å²) in [6.45, 7) is 3.54. The summed E-state index contributed by atoms with van der Waals surface area (Å²) < 4.78 is 0. The van der Waals surface area contributed by atoms with E-state index in [1.165, 1.54) is 29.2 Å². The molecule has 0 radical (unpaired) electrons. The molecular weight excluding hydrogens is 208 g/mol. The smallest absolute Gasteiger partial charge is 0.270 e. The van der Waals surface area contributed by atoms with Crippen LogP contribution in [0.1, 0.15) is 15.9 Å². The number of benzene rings is 1. The van der Waals surface area contributed by atoms with Crippen molar-refractivity contribution in [1.29, 1.82) is 0 Å². The van der Waals surface area contributed by atoms with E-state index in [-0.39, 0.29) is 11.6 Å². The van der Waals surface area contributed by atoms with Crippen LogP contribution in [0.15, 0.2) is 24.8 Å². The molecule has 1 aromatic rings. The van der Waals surface area contributed by atoms with E-state index in [0.717, 1.165) is 0 Å². The summed E-state index contributed by atoms with van der Waals surface area (Å²) in [5, 5.41) is 10.6. The zero-order chi connectivity index (χ0) is 12.3. The minimum Gasteiger partial charge on any atom is -0.345 e. The third-order valence-electron chi connectivity index (χ3n) is 2.10. The maximum absolute atomic E-state index is 11.7. The summed E-state index contributed by atoms with van der Waals surface area (Å²) in [4.78, 5) is 23.2. The molecule has 0 unspecified atom stereocenters. The molecule has 1 amide bonds. The summed E-state index contributed by atoms with van der Waals surface area (Å²) >= 11 is 0. The lowest BCUT2D eigenvalue weighted by Crippen LogP contribution is -2.22. The average molecular weight is 220 g/mol. The van der Waals surface area contributed by atoms with Crippen molar-refractivity contribution in [1.82, 2.24) is 4.90 Å². The van der Waals surface area contributed by atoms with Gasteiger partial charge in [-0.2, -0.15) is 0 Å². The second-order valence-corrected chi connectivity index (χ2v) is 3.43. The quantitative estimate of drug-likeness (QED) is 0.577. The fourth-order valence-electron chi connectivity index (χ4n) is 1.27. The van der Waals surface area contributed by atoms with E-state index < -0.39 is 4.92 Å². The van der Waals surface area contributed by atoms with E-state index in [4.69, 9.17) is 0 Å². The largest absolute Gasteiger partial charge is 0.345 e. The lowest BCUT2D eigenvalue weighted by molar-refractivity contribution is -0.384. The molecule has 0 aliphatic carbocycles. The van der Waals surface area contributed by atoms with Gasteiger partial charge in [-0.1, -0.05) is 12.7 Å². The van der Waals surface area contributed by atoms with Gasteiger partial charge in [-0.3, -0.25) is 14.9 Å². The van der Waals surface area contributed by atoms with Crippen molar-refractivity contribution in [3.8, 4) is 0 Å². The second-order valence-electron chi connectivity index (χ2n) is 3.43. The molecule has 0 N–H and O–H groups in total. The van der Waals surface area contributed by atoms with Crippen molar-refractivity contribution >= 4 is 17.7 Å². The number of non-ortho nitro benzene ring substituents is 1. The Morgan fingerprint density at radius 2 is 2.12 bits per heavy atom. The van der Waals surface area contributed by atoms with Gasteiger partial charge in [0.1, 0.15) is 0 Å². The van der Waals surface area contributed by atoms with E-state index >= 15 is 0 Å². The van der Waals surface area contributed by atoms with E-state index in [9.17, 15) is 14.9 Å². The lowest BCUT2D eigenvalue weighted by atomic mass is 10.1. The van der Waals surface area contributed by atoms with Gasteiger partial charge in [0.15, 0.2) is 0 Å². The van der Waals surface area contributed by atoms with Crippen LogP contribution in [-0.4, -0.2) is 29.8 Å². The number of hydrogen-bond donors (Lipinski definition) is 0. The molecule has 5 heteroatoms. The molecule has 0 fully saturated rings. The molecule has 0 bridgehead atoms. The van der Waals surface area contributed by atoms with Crippen LogP contribution in [0.5, 0.6) is 0 Å². The van der Waals surface area contributed by atoms with Crippen LogP contribution in [0.2, 0.25) is 0 Å². The van der Waals surface area contributed by atoms with E-state index in [1.807, 2.05) is 0 Å².